The molecule has 2 aromatic carbocycles. The number of aromatic nitrogens is 1. The highest BCUT2D eigenvalue weighted by Gasteiger charge is 2.22. The maximum Gasteiger partial charge on any atom is 0.331 e. The number of benzene rings is 2. The van der Waals surface area contributed by atoms with Crippen LogP contribution in [0.2, 0.25) is 5.15 Å². The molecular weight excluding hydrogens is 400 g/mol. The van der Waals surface area contributed by atoms with E-state index in [-0.39, 0.29) is 35.6 Å². The van der Waals surface area contributed by atoms with Crippen molar-refractivity contribution in [2.24, 2.45) is 0 Å². The smallest absolute Gasteiger partial charge is 0.331 e. The van der Waals surface area contributed by atoms with Crippen LogP contribution in [-0.2, 0) is 16.1 Å². The van der Waals surface area contributed by atoms with Gasteiger partial charge in [-0.3, -0.25) is 10.1 Å². The number of esters is 1. The lowest BCUT2D eigenvalue weighted by Gasteiger charge is -2.06. The van der Waals surface area contributed by atoms with Gasteiger partial charge in [0.25, 0.3) is 5.69 Å². The van der Waals surface area contributed by atoms with Crippen molar-refractivity contribution in [2.45, 2.75) is 6.61 Å². The van der Waals surface area contributed by atoms with Crippen molar-refractivity contribution in [2.75, 3.05) is 6.79 Å². The number of hydrogen-bond donors (Lipinski definition) is 0. The van der Waals surface area contributed by atoms with Crippen LogP contribution >= 0.6 is 11.6 Å². The van der Waals surface area contributed by atoms with Crippen LogP contribution < -0.4 is 9.47 Å². The molecule has 0 fully saturated rings. The molecule has 0 unspecified atom stereocenters. The molecule has 2 heterocycles. The summed E-state index contributed by atoms with van der Waals surface area (Å²) in [7, 11) is 0. The zero-order chi connectivity index (χ0) is 20.4. The van der Waals surface area contributed by atoms with Crippen molar-refractivity contribution in [3.8, 4) is 11.5 Å². The Morgan fingerprint density at radius 1 is 1.24 bits per heavy atom. The van der Waals surface area contributed by atoms with Gasteiger partial charge in [-0.25, -0.2) is 9.78 Å². The second-order valence-corrected chi connectivity index (χ2v) is 6.45. The molecule has 1 aliphatic heterocycles. The first-order valence-electron chi connectivity index (χ1n) is 8.48. The lowest BCUT2D eigenvalue weighted by Crippen LogP contribution is -2.02. The van der Waals surface area contributed by atoms with Crippen molar-refractivity contribution in [3.05, 3.63) is 74.9 Å². The van der Waals surface area contributed by atoms with E-state index in [9.17, 15) is 14.9 Å². The molecular formula is C20H13ClN2O6. The molecule has 0 radical (unpaired) electrons. The van der Waals surface area contributed by atoms with Gasteiger partial charge in [0.2, 0.25) is 6.79 Å². The van der Waals surface area contributed by atoms with Crippen molar-refractivity contribution in [1.29, 1.82) is 0 Å². The van der Waals surface area contributed by atoms with Crippen molar-refractivity contribution >= 4 is 40.2 Å². The van der Waals surface area contributed by atoms with E-state index < -0.39 is 10.9 Å². The standard InChI is InChI=1S/C20H13ClN2O6/c21-20-14(7-12-3-1-2-4-15(12)22-20)10-27-19(24)6-5-13-8-17-18(29-11-28-17)9-16(13)23(25)26/h1-9H,10-11H2/b6-5+. The molecule has 0 atom stereocenters. The molecule has 3 aromatic rings. The molecule has 1 aromatic heterocycles. The third-order valence-electron chi connectivity index (χ3n) is 4.24. The van der Waals surface area contributed by atoms with Gasteiger partial charge < -0.3 is 14.2 Å². The maximum atomic E-state index is 12.1. The summed E-state index contributed by atoms with van der Waals surface area (Å²) in [6, 6.07) is 11.9. The minimum atomic E-state index is -0.679. The second kappa shape index (κ2) is 7.76. The van der Waals surface area contributed by atoms with E-state index in [2.05, 4.69) is 4.98 Å². The Labute approximate surface area is 169 Å². The number of nitro benzene ring substituents is 1. The van der Waals surface area contributed by atoms with Gasteiger partial charge in [0.1, 0.15) is 11.8 Å². The van der Waals surface area contributed by atoms with Gasteiger partial charge in [-0.05, 0) is 24.3 Å². The summed E-state index contributed by atoms with van der Waals surface area (Å²) in [6.07, 6.45) is 2.40. The lowest BCUT2D eigenvalue weighted by molar-refractivity contribution is -0.385. The fraction of sp³-hybridized carbons (Fsp3) is 0.100. The van der Waals surface area contributed by atoms with Gasteiger partial charge >= 0.3 is 5.97 Å². The SMILES string of the molecule is O=C(/C=C/c1cc2c(cc1[N+](=O)[O-])OCO2)OCc1cc2ccccc2nc1Cl. The fourth-order valence-electron chi connectivity index (χ4n) is 2.83. The minimum absolute atomic E-state index is 0.0117. The molecule has 146 valence electrons. The Bertz CT molecular complexity index is 1160. The number of nitrogens with zero attached hydrogens (tertiary/aromatic N) is 2. The van der Waals surface area contributed by atoms with Crippen LogP contribution in [0.25, 0.3) is 17.0 Å². The number of carbonyl (C=O) groups is 1. The highest BCUT2D eigenvalue weighted by molar-refractivity contribution is 6.30. The summed E-state index contributed by atoms with van der Waals surface area (Å²) < 4.78 is 15.6. The van der Waals surface area contributed by atoms with Gasteiger partial charge in [0.05, 0.1) is 22.1 Å². The number of halogens is 1. The topological polar surface area (TPSA) is 101 Å². The van der Waals surface area contributed by atoms with Crippen molar-refractivity contribution in [3.63, 3.8) is 0 Å². The van der Waals surface area contributed by atoms with Crippen LogP contribution in [0.5, 0.6) is 11.5 Å². The van der Waals surface area contributed by atoms with Crippen molar-refractivity contribution in [1.82, 2.24) is 4.98 Å². The van der Waals surface area contributed by atoms with Crippen molar-refractivity contribution < 1.29 is 23.9 Å². The van der Waals surface area contributed by atoms with E-state index in [0.717, 1.165) is 17.0 Å². The van der Waals surface area contributed by atoms with E-state index in [4.69, 9.17) is 25.8 Å². The second-order valence-electron chi connectivity index (χ2n) is 6.09. The number of pyridine rings is 1. The lowest BCUT2D eigenvalue weighted by atomic mass is 10.1. The number of ether oxygens (including phenoxy) is 3. The molecule has 0 bridgehead atoms. The zero-order valence-electron chi connectivity index (χ0n) is 14.8. The summed E-state index contributed by atoms with van der Waals surface area (Å²) in [4.78, 5) is 27.0. The Kier molecular flexibility index (Phi) is 5.01. The average Bonchev–Trinajstić information content (AvgIpc) is 3.17. The Balaban J connectivity index is 1.48. The largest absolute Gasteiger partial charge is 0.458 e. The number of para-hydroxylation sites is 1. The highest BCUT2D eigenvalue weighted by Crippen LogP contribution is 2.38. The Morgan fingerprint density at radius 3 is 2.79 bits per heavy atom. The van der Waals surface area contributed by atoms with Crippen LogP contribution in [0, 0.1) is 10.1 Å². The number of hydrogen-bond acceptors (Lipinski definition) is 7. The van der Waals surface area contributed by atoms with Gasteiger partial charge in [-0.15, -0.1) is 0 Å². The van der Waals surface area contributed by atoms with Crippen LogP contribution in [-0.4, -0.2) is 22.7 Å². The minimum Gasteiger partial charge on any atom is -0.458 e. The van der Waals surface area contributed by atoms with Crippen LogP contribution in [0.3, 0.4) is 0 Å². The summed E-state index contributed by atoms with van der Waals surface area (Å²) in [5, 5.41) is 12.4. The number of fused-ring (bicyclic) bond motifs is 2. The van der Waals surface area contributed by atoms with E-state index >= 15 is 0 Å². The monoisotopic (exact) mass is 412 g/mol. The highest BCUT2D eigenvalue weighted by atomic mass is 35.5. The summed E-state index contributed by atoms with van der Waals surface area (Å²) in [5.41, 5.74) is 1.28. The fourth-order valence-corrected chi connectivity index (χ4v) is 3.03. The molecule has 0 saturated heterocycles. The molecule has 0 spiro atoms. The first-order chi connectivity index (χ1) is 14.0. The van der Waals surface area contributed by atoms with E-state index in [1.165, 1.54) is 18.2 Å². The molecule has 0 amide bonds. The predicted octanol–water partition coefficient (Wildman–Crippen LogP) is 4.28. The van der Waals surface area contributed by atoms with Gasteiger partial charge in [-0.2, -0.15) is 0 Å². The van der Waals surface area contributed by atoms with Gasteiger partial charge in [0, 0.05) is 17.0 Å². The van der Waals surface area contributed by atoms with E-state index in [0.29, 0.717) is 11.3 Å². The third-order valence-corrected chi connectivity index (χ3v) is 4.56. The summed E-state index contributed by atoms with van der Waals surface area (Å²) in [6.45, 7) is -0.0919. The molecule has 0 saturated carbocycles. The molecule has 8 nitrogen and oxygen atoms in total. The first kappa shape index (κ1) is 18.7. The Hall–Kier alpha value is -3.65. The quantitative estimate of drug-likeness (QED) is 0.202. The summed E-state index contributed by atoms with van der Waals surface area (Å²) >= 11 is 6.15. The molecule has 9 heteroatoms. The van der Waals surface area contributed by atoms with Crippen LogP contribution in [0.4, 0.5) is 5.69 Å². The molecule has 1 aliphatic rings. The third kappa shape index (κ3) is 3.97. The summed E-state index contributed by atoms with van der Waals surface area (Å²) in [5.74, 6) is -0.0197. The Morgan fingerprint density at radius 2 is 2.00 bits per heavy atom. The normalized spacial score (nSPS) is 12.4. The van der Waals surface area contributed by atoms with E-state index in [1.807, 2.05) is 24.3 Å². The maximum absolute atomic E-state index is 12.1. The average molecular weight is 413 g/mol. The van der Waals surface area contributed by atoms with Crippen LogP contribution in [0.15, 0.2) is 48.5 Å². The van der Waals surface area contributed by atoms with E-state index in [1.54, 1.807) is 6.07 Å². The predicted molar refractivity (Wildman–Crippen MR) is 105 cm³/mol. The van der Waals surface area contributed by atoms with Crippen LogP contribution in [0.1, 0.15) is 11.1 Å². The van der Waals surface area contributed by atoms with Gasteiger partial charge in [-0.1, -0.05) is 29.8 Å². The zero-order valence-corrected chi connectivity index (χ0v) is 15.6. The number of carbonyl (C=O) groups excluding carboxylic acids is 1. The molecule has 0 aliphatic carbocycles. The molecule has 4 rings (SSSR count). The molecule has 0 N–H and O–H groups in total. The first-order valence-corrected chi connectivity index (χ1v) is 8.86. The molecule has 29 heavy (non-hydrogen) atoms. The van der Waals surface area contributed by atoms with Gasteiger partial charge in [0.15, 0.2) is 11.5 Å². The number of rotatable bonds is 5. The number of nitro groups is 1.